The SMILES string of the molecule is CCCC[C@@H](c1ccncc1Cl)N1CCNCC1. The van der Waals surface area contributed by atoms with E-state index in [9.17, 15) is 0 Å². The monoisotopic (exact) mass is 267 g/mol. The summed E-state index contributed by atoms with van der Waals surface area (Å²) in [7, 11) is 0. The van der Waals surface area contributed by atoms with Gasteiger partial charge in [0, 0.05) is 44.6 Å². The smallest absolute Gasteiger partial charge is 0.0637 e. The van der Waals surface area contributed by atoms with Gasteiger partial charge in [-0.3, -0.25) is 9.88 Å². The second-order valence-corrected chi connectivity index (χ2v) is 5.25. The van der Waals surface area contributed by atoms with E-state index in [4.69, 9.17) is 11.6 Å². The Morgan fingerprint density at radius 2 is 2.22 bits per heavy atom. The topological polar surface area (TPSA) is 28.2 Å². The first kappa shape index (κ1) is 13.8. The third-order valence-corrected chi connectivity index (χ3v) is 3.90. The molecule has 1 aliphatic heterocycles. The van der Waals surface area contributed by atoms with Gasteiger partial charge >= 0.3 is 0 Å². The van der Waals surface area contributed by atoms with E-state index in [2.05, 4.69) is 28.2 Å². The Bertz CT molecular complexity index is 364. The van der Waals surface area contributed by atoms with Gasteiger partial charge in [-0.05, 0) is 18.1 Å². The van der Waals surface area contributed by atoms with Gasteiger partial charge in [-0.2, -0.15) is 0 Å². The summed E-state index contributed by atoms with van der Waals surface area (Å²) in [5.74, 6) is 0. The number of pyridine rings is 1. The van der Waals surface area contributed by atoms with E-state index in [0.717, 1.165) is 31.2 Å². The van der Waals surface area contributed by atoms with E-state index >= 15 is 0 Å². The number of nitrogens with one attached hydrogen (secondary N) is 1. The van der Waals surface area contributed by atoms with Crippen LogP contribution in [-0.2, 0) is 0 Å². The summed E-state index contributed by atoms with van der Waals surface area (Å²) in [5.41, 5.74) is 1.24. The zero-order valence-electron chi connectivity index (χ0n) is 11.0. The number of unbranched alkanes of at least 4 members (excludes halogenated alkanes) is 1. The lowest BCUT2D eigenvalue weighted by molar-refractivity contribution is 0.163. The van der Waals surface area contributed by atoms with Crippen molar-refractivity contribution in [2.24, 2.45) is 0 Å². The van der Waals surface area contributed by atoms with Crippen LogP contribution in [0.2, 0.25) is 5.02 Å². The van der Waals surface area contributed by atoms with Crippen LogP contribution in [-0.4, -0.2) is 36.1 Å². The molecule has 1 N–H and O–H groups in total. The molecule has 0 radical (unpaired) electrons. The molecule has 1 saturated heterocycles. The second kappa shape index (κ2) is 7.07. The molecule has 2 heterocycles. The van der Waals surface area contributed by atoms with E-state index in [0.29, 0.717) is 6.04 Å². The van der Waals surface area contributed by atoms with E-state index in [1.807, 2.05) is 6.20 Å². The number of halogens is 1. The number of hydrogen-bond acceptors (Lipinski definition) is 3. The quantitative estimate of drug-likeness (QED) is 0.889. The normalized spacial score (nSPS) is 18.8. The molecule has 1 aliphatic rings. The maximum atomic E-state index is 6.31. The number of rotatable bonds is 5. The first-order valence-electron chi connectivity index (χ1n) is 6.87. The number of nitrogens with zero attached hydrogens (tertiary/aromatic N) is 2. The highest BCUT2D eigenvalue weighted by Gasteiger charge is 2.23. The average Bonchev–Trinajstić information content (AvgIpc) is 2.42. The Hall–Kier alpha value is -0.640. The molecule has 1 aromatic rings. The minimum Gasteiger partial charge on any atom is -0.314 e. The largest absolute Gasteiger partial charge is 0.314 e. The van der Waals surface area contributed by atoms with Crippen molar-refractivity contribution < 1.29 is 0 Å². The molecule has 0 saturated carbocycles. The van der Waals surface area contributed by atoms with E-state index in [1.165, 1.54) is 24.8 Å². The number of hydrogen-bond donors (Lipinski definition) is 1. The highest BCUT2D eigenvalue weighted by molar-refractivity contribution is 6.31. The highest BCUT2D eigenvalue weighted by atomic mass is 35.5. The minimum atomic E-state index is 0.447. The van der Waals surface area contributed by atoms with E-state index < -0.39 is 0 Å². The highest BCUT2D eigenvalue weighted by Crippen LogP contribution is 2.31. The van der Waals surface area contributed by atoms with Crippen molar-refractivity contribution in [1.29, 1.82) is 0 Å². The van der Waals surface area contributed by atoms with Crippen LogP contribution >= 0.6 is 11.6 Å². The molecule has 100 valence electrons. The summed E-state index contributed by atoms with van der Waals surface area (Å²) in [5, 5.41) is 4.21. The molecule has 0 amide bonds. The Morgan fingerprint density at radius 1 is 1.44 bits per heavy atom. The molecule has 4 heteroatoms. The summed E-state index contributed by atoms with van der Waals surface area (Å²) in [6.07, 6.45) is 7.26. The standard InChI is InChI=1S/C14H22ClN3/c1-2-3-4-14(18-9-7-16-8-10-18)12-5-6-17-11-13(12)15/h5-6,11,14,16H,2-4,7-10H2,1H3/t14-/m0/s1. The molecule has 0 spiro atoms. The summed E-state index contributed by atoms with van der Waals surface area (Å²) < 4.78 is 0. The van der Waals surface area contributed by atoms with Crippen molar-refractivity contribution in [2.75, 3.05) is 26.2 Å². The second-order valence-electron chi connectivity index (χ2n) is 4.84. The van der Waals surface area contributed by atoms with Gasteiger partial charge < -0.3 is 5.32 Å². The van der Waals surface area contributed by atoms with Gasteiger partial charge in [0.05, 0.1) is 5.02 Å². The lowest BCUT2D eigenvalue weighted by Gasteiger charge is -2.35. The number of piperazine rings is 1. The van der Waals surface area contributed by atoms with Crippen molar-refractivity contribution in [3.63, 3.8) is 0 Å². The van der Waals surface area contributed by atoms with Gasteiger partial charge in [0.2, 0.25) is 0 Å². The molecule has 3 nitrogen and oxygen atoms in total. The fraction of sp³-hybridized carbons (Fsp3) is 0.643. The lowest BCUT2D eigenvalue weighted by atomic mass is 9.99. The third-order valence-electron chi connectivity index (χ3n) is 3.59. The Kier molecular flexibility index (Phi) is 5.42. The summed E-state index contributed by atoms with van der Waals surface area (Å²) in [6, 6.07) is 2.52. The van der Waals surface area contributed by atoms with Crippen molar-refractivity contribution in [1.82, 2.24) is 15.2 Å². The first-order chi connectivity index (χ1) is 8.83. The predicted molar refractivity (Wildman–Crippen MR) is 76.0 cm³/mol. The van der Waals surface area contributed by atoms with Crippen LogP contribution in [0.1, 0.15) is 37.8 Å². The lowest BCUT2D eigenvalue weighted by Crippen LogP contribution is -2.45. The van der Waals surface area contributed by atoms with Crippen LogP contribution in [0.4, 0.5) is 0 Å². The Balaban J connectivity index is 2.15. The molecule has 0 bridgehead atoms. The van der Waals surface area contributed by atoms with Crippen molar-refractivity contribution in [3.05, 3.63) is 29.0 Å². The van der Waals surface area contributed by atoms with Crippen LogP contribution in [0.25, 0.3) is 0 Å². The van der Waals surface area contributed by atoms with Crippen LogP contribution in [0, 0.1) is 0 Å². The van der Waals surface area contributed by atoms with Gasteiger partial charge in [0.1, 0.15) is 0 Å². The van der Waals surface area contributed by atoms with Gasteiger partial charge in [-0.15, -0.1) is 0 Å². The van der Waals surface area contributed by atoms with Gasteiger partial charge in [0.15, 0.2) is 0 Å². The van der Waals surface area contributed by atoms with Crippen LogP contribution in [0.15, 0.2) is 18.5 Å². The van der Waals surface area contributed by atoms with Gasteiger partial charge in [-0.1, -0.05) is 31.4 Å². The molecule has 1 atom stereocenters. The predicted octanol–water partition coefficient (Wildman–Crippen LogP) is 2.87. The first-order valence-corrected chi connectivity index (χ1v) is 7.25. The maximum absolute atomic E-state index is 6.31. The van der Waals surface area contributed by atoms with Crippen molar-refractivity contribution >= 4 is 11.6 Å². The van der Waals surface area contributed by atoms with Crippen molar-refractivity contribution in [3.8, 4) is 0 Å². The molecule has 1 fully saturated rings. The molecule has 0 unspecified atom stereocenters. The fourth-order valence-corrected chi connectivity index (χ4v) is 2.83. The van der Waals surface area contributed by atoms with Crippen LogP contribution < -0.4 is 5.32 Å². The average molecular weight is 268 g/mol. The van der Waals surface area contributed by atoms with Crippen molar-refractivity contribution in [2.45, 2.75) is 32.2 Å². The zero-order chi connectivity index (χ0) is 12.8. The van der Waals surface area contributed by atoms with Gasteiger partial charge in [0.25, 0.3) is 0 Å². The number of aromatic nitrogens is 1. The van der Waals surface area contributed by atoms with Gasteiger partial charge in [-0.25, -0.2) is 0 Å². The maximum Gasteiger partial charge on any atom is 0.0637 e. The Morgan fingerprint density at radius 3 is 2.89 bits per heavy atom. The molecular weight excluding hydrogens is 246 g/mol. The van der Waals surface area contributed by atoms with E-state index in [-0.39, 0.29) is 0 Å². The summed E-state index contributed by atoms with van der Waals surface area (Å²) in [4.78, 5) is 6.64. The molecular formula is C14H22ClN3. The fourth-order valence-electron chi connectivity index (χ4n) is 2.58. The summed E-state index contributed by atoms with van der Waals surface area (Å²) in [6.45, 7) is 6.60. The molecule has 1 aromatic heterocycles. The Labute approximate surface area is 115 Å². The van der Waals surface area contributed by atoms with Crippen LogP contribution in [0.5, 0.6) is 0 Å². The molecule has 0 aromatic carbocycles. The zero-order valence-corrected chi connectivity index (χ0v) is 11.8. The molecule has 0 aliphatic carbocycles. The molecule has 2 rings (SSSR count). The van der Waals surface area contributed by atoms with E-state index in [1.54, 1.807) is 6.20 Å². The molecule has 18 heavy (non-hydrogen) atoms. The minimum absolute atomic E-state index is 0.447. The third kappa shape index (κ3) is 3.44. The van der Waals surface area contributed by atoms with Crippen LogP contribution in [0.3, 0.4) is 0 Å². The summed E-state index contributed by atoms with van der Waals surface area (Å²) >= 11 is 6.31.